The number of benzene rings is 2. The van der Waals surface area contributed by atoms with Gasteiger partial charge < -0.3 is 18.9 Å². The van der Waals surface area contributed by atoms with Gasteiger partial charge in [-0.3, -0.25) is 10.0 Å². The van der Waals surface area contributed by atoms with Crippen LogP contribution in [0.2, 0.25) is 0 Å². The zero-order valence-electron chi connectivity index (χ0n) is 17.8. The maximum Gasteiger partial charge on any atom is 0.573 e. The van der Waals surface area contributed by atoms with E-state index in [9.17, 15) is 18.0 Å². The molecule has 0 bridgehead atoms. The van der Waals surface area contributed by atoms with Crippen LogP contribution in [0.1, 0.15) is 23.2 Å². The van der Waals surface area contributed by atoms with Crippen molar-refractivity contribution in [2.45, 2.75) is 30.2 Å². The third-order valence-corrected chi connectivity index (χ3v) is 5.98. The number of alkyl halides is 3. The Bertz CT molecular complexity index is 950. The zero-order chi connectivity index (χ0) is 24.0. The van der Waals surface area contributed by atoms with Crippen LogP contribution in [0.5, 0.6) is 23.0 Å². The van der Waals surface area contributed by atoms with Crippen molar-refractivity contribution >= 4 is 17.9 Å². The summed E-state index contributed by atoms with van der Waals surface area (Å²) < 4.78 is 59.1. The average Bonchev–Trinajstić information content (AvgIpc) is 2.79. The van der Waals surface area contributed by atoms with Gasteiger partial charge in [-0.2, -0.15) is 0 Å². The number of ether oxygens (including phenoxy) is 4. The molecule has 2 N–H and O–H groups in total. The van der Waals surface area contributed by atoms with Gasteiger partial charge in [0.25, 0.3) is 5.91 Å². The Kier molecular flexibility index (Phi) is 8.16. The molecule has 180 valence electrons. The lowest BCUT2D eigenvalue weighted by Gasteiger charge is -2.31. The van der Waals surface area contributed by atoms with Gasteiger partial charge in [-0.15, -0.1) is 13.2 Å². The molecule has 33 heavy (non-hydrogen) atoms. The lowest BCUT2D eigenvalue weighted by molar-refractivity contribution is -0.274. The molecule has 0 atom stereocenters. The van der Waals surface area contributed by atoms with Crippen molar-refractivity contribution in [1.82, 2.24) is 9.79 Å². The number of hydrogen-bond donors (Lipinski definition) is 2. The zero-order valence-corrected chi connectivity index (χ0v) is 18.7. The predicted molar refractivity (Wildman–Crippen MR) is 113 cm³/mol. The first kappa shape index (κ1) is 24.8. The van der Waals surface area contributed by atoms with E-state index in [4.69, 9.17) is 19.4 Å². The number of carbonyl (C=O) groups excluding carboxylic acids is 1. The van der Waals surface area contributed by atoms with E-state index in [-0.39, 0.29) is 23.2 Å². The Morgan fingerprint density at radius 1 is 1.06 bits per heavy atom. The Labute approximate surface area is 192 Å². The molecule has 0 saturated carbocycles. The molecule has 1 saturated heterocycles. The lowest BCUT2D eigenvalue weighted by atomic mass is 10.1. The molecular formula is C21H23F3N2O6S. The molecule has 1 fully saturated rings. The summed E-state index contributed by atoms with van der Waals surface area (Å²) >= 11 is 1.35. The minimum Gasteiger partial charge on any atom is -0.493 e. The maximum atomic E-state index is 12.3. The van der Waals surface area contributed by atoms with E-state index in [1.54, 1.807) is 17.6 Å². The highest BCUT2D eigenvalue weighted by molar-refractivity contribution is 7.97. The van der Waals surface area contributed by atoms with Crippen LogP contribution >= 0.6 is 11.9 Å². The molecule has 3 rings (SSSR count). The van der Waals surface area contributed by atoms with E-state index >= 15 is 0 Å². The molecular weight excluding hydrogens is 465 g/mol. The summed E-state index contributed by atoms with van der Waals surface area (Å²) in [6.07, 6.45) is -3.51. The highest BCUT2D eigenvalue weighted by Gasteiger charge is 2.31. The Morgan fingerprint density at radius 2 is 1.70 bits per heavy atom. The second-order valence-corrected chi connectivity index (χ2v) is 8.11. The van der Waals surface area contributed by atoms with Gasteiger partial charge in [0.15, 0.2) is 11.5 Å². The molecule has 1 aliphatic rings. The highest BCUT2D eigenvalue weighted by Crippen LogP contribution is 2.39. The lowest BCUT2D eigenvalue weighted by Crippen LogP contribution is -2.34. The van der Waals surface area contributed by atoms with Crippen molar-refractivity contribution in [3.63, 3.8) is 0 Å². The molecule has 0 spiro atoms. The summed E-state index contributed by atoms with van der Waals surface area (Å²) in [5, 5.41) is 9.15. The van der Waals surface area contributed by atoms with Crippen LogP contribution in [0, 0.1) is 0 Å². The minimum absolute atomic E-state index is 0.109. The molecule has 8 nitrogen and oxygen atoms in total. The molecule has 0 aromatic heterocycles. The molecule has 0 radical (unpaired) electrons. The third kappa shape index (κ3) is 6.59. The Morgan fingerprint density at radius 3 is 2.24 bits per heavy atom. The molecule has 2 aromatic carbocycles. The number of hydrogen-bond acceptors (Lipinski definition) is 8. The van der Waals surface area contributed by atoms with Gasteiger partial charge in [-0.1, -0.05) is 0 Å². The molecule has 2 aromatic rings. The molecule has 1 heterocycles. The van der Waals surface area contributed by atoms with E-state index in [1.165, 1.54) is 50.4 Å². The number of nitrogens with one attached hydrogen (secondary N) is 1. The summed E-state index contributed by atoms with van der Waals surface area (Å²) in [4.78, 5) is 12.8. The first-order valence-electron chi connectivity index (χ1n) is 9.89. The molecule has 1 aliphatic heterocycles. The largest absolute Gasteiger partial charge is 0.573 e. The number of hydroxylamine groups is 1. The topological polar surface area (TPSA) is 89.5 Å². The Hall–Kier alpha value is -2.83. The maximum absolute atomic E-state index is 12.3. The van der Waals surface area contributed by atoms with E-state index in [0.29, 0.717) is 42.3 Å². The summed E-state index contributed by atoms with van der Waals surface area (Å²) in [6.45, 7) is 1.28. The van der Waals surface area contributed by atoms with Crippen molar-refractivity contribution in [1.29, 1.82) is 0 Å². The first-order chi connectivity index (χ1) is 15.7. The Balaban J connectivity index is 1.60. The van der Waals surface area contributed by atoms with Gasteiger partial charge in [-0.25, -0.2) is 9.79 Å². The van der Waals surface area contributed by atoms with Crippen molar-refractivity contribution in [2.75, 3.05) is 27.3 Å². The van der Waals surface area contributed by atoms with Gasteiger partial charge in [0.05, 0.1) is 14.2 Å². The van der Waals surface area contributed by atoms with Gasteiger partial charge in [-0.05, 0) is 61.2 Å². The summed E-state index contributed by atoms with van der Waals surface area (Å²) in [6, 6.07) is 8.68. The average molecular weight is 488 g/mol. The smallest absolute Gasteiger partial charge is 0.493 e. The predicted octanol–water partition coefficient (Wildman–Crippen LogP) is 4.27. The normalized spacial score (nSPS) is 15.1. The SMILES string of the molecule is COc1ccc(SN2CCC(Oc3ccc(OC(F)(F)F)cc3)CC2)c(C(=O)NO)c1OC. The van der Waals surface area contributed by atoms with E-state index in [2.05, 4.69) is 9.04 Å². The number of methoxy groups -OCH3 is 2. The van der Waals surface area contributed by atoms with Crippen LogP contribution in [-0.2, 0) is 0 Å². The number of piperidine rings is 1. The quantitative estimate of drug-likeness (QED) is 0.324. The van der Waals surface area contributed by atoms with Crippen LogP contribution in [0.15, 0.2) is 41.3 Å². The van der Waals surface area contributed by atoms with Crippen LogP contribution in [-0.4, -0.2) is 55.2 Å². The van der Waals surface area contributed by atoms with Gasteiger partial charge in [0.1, 0.15) is 23.2 Å². The number of halogens is 3. The van der Waals surface area contributed by atoms with E-state index < -0.39 is 12.3 Å². The molecule has 0 aliphatic carbocycles. The summed E-state index contributed by atoms with van der Waals surface area (Å²) in [7, 11) is 2.86. The fourth-order valence-electron chi connectivity index (χ4n) is 3.35. The standard InChI is InChI=1S/C21H23F3N2O6S/c1-29-16-7-8-17(18(19(16)30-2)20(27)25-28)33-26-11-9-14(10-12-26)31-13-3-5-15(6-4-13)32-21(22,23)24/h3-8,14,28H,9-12H2,1-2H3,(H,25,27). The van der Waals surface area contributed by atoms with Crippen LogP contribution < -0.4 is 24.4 Å². The summed E-state index contributed by atoms with van der Waals surface area (Å²) in [5.41, 5.74) is 1.79. The highest BCUT2D eigenvalue weighted by atomic mass is 32.2. The second kappa shape index (κ2) is 10.9. The second-order valence-electron chi connectivity index (χ2n) is 6.97. The van der Waals surface area contributed by atoms with E-state index in [0.717, 1.165) is 0 Å². The van der Waals surface area contributed by atoms with E-state index in [1.807, 2.05) is 0 Å². The molecule has 12 heteroatoms. The molecule has 0 unspecified atom stereocenters. The van der Waals surface area contributed by atoms with Crippen LogP contribution in [0.3, 0.4) is 0 Å². The monoisotopic (exact) mass is 488 g/mol. The van der Waals surface area contributed by atoms with Gasteiger partial charge >= 0.3 is 6.36 Å². The number of rotatable bonds is 8. The van der Waals surface area contributed by atoms with Crippen molar-refractivity contribution in [3.05, 3.63) is 42.0 Å². The fraction of sp³-hybridized carbons (Fsp3) is 0.381. The number of carbonyl (C=O) groups is 1. The summed E-state index contributed by atoms with van der Waals surface area (Å²) in [5.74, 6) is 0.00461. The third-order valence-electron chi connectivity index (χ3n) is 4.82. The van der Waals surface area contributed by atoms with Gasteiger partial charge in [0.2, 0.25) is 0 Å². The fourth-order valence-corrected chi connectivity index (χ4v) is 4.43. The van der Waals surface area contributed by atoms with Crippen LogP contribution in [0.25, 0.3) is 0 Å². The number of nitrogens with zero attached hydrogens (tertiary/aromatic N) is 1. The van der Waals surface area contributed by atoms with Crippen LogP contribution in [0.4, 0.5) is 13.2 Å². The van der Waals surface area contributed by atoms with Crippen molar-refractivity contribution < 1.29 is 42.1 Å². The van der Waals surface area contributed by atoms with Crippen molar-refractivity contribution in [3.8, 4) is 23.0 Å². The first-order valence-corrected chi connectivity index (χ1v) is 10.7. The van der Waals surface area contributed by atoms with Gasteiger partial charge in [0, 0.05) is 18.0 Å². The van der Waals surface area contributed by atoms with Crippen molar-refractivity contribution in [2.24, 2.45) is 0 Å². The number of amides is 1. The molecule has 1 amide bonds. The minimum atomic E-state index is -4.74.